The molecule has 0 N–H and O–H groups in total. The van der Waals surface area contributed by atoms with Crippen LogP contribution in [0, 0.1) is 0 Å². The van der Waals surface area contributed by atoms with Crippen molar-refractivity contribution in [2.45, 2.75) is 30.6 Å². The third kappa shape index (κ3) is 2.47. The predicted octanol–water partition coefficient (Wildman–Crippen LogP) is 4.31. The second-order valence-electron chi connectivity index (χ2n) is 3.44. The molecule has 1 aromatic carbocycles. The Hall–Kier alpha value is -0.0500. The zero-order valence-electron chi connectivity index (χ0n) is 7.84. The van der Waals surface area contributed by atoms with Crippen molar-refractivity contribution in [1.82, 2.24) is 0 Å². The molecule has 66 valence electrons. The average Bonchev–Trinajstić information content (AvgIpc) is 2.04. The number of alkyl halides is 1. The summed E-state index contributed by atoms with van der Waals surface area (Å²) in [5, 5.41) is 0. The van der Waals surface area contributed by atoms with Gasteiger partial charge in [-0.25, -0.2) is 0 Å². The van der Waals surface area contributed by atoms with Gasteiger partial charge in [0.2, 0.25) is 0 Å². The zero-order chi connectivity index (χ0) is 9.14. The normalized spacial score (nSPS) is 13.4. The van der Waals surface area contributed by atoms with E-state index < -0.39 is 0 Å². The third-order valence-corrected chi connectivity index (χ3v) is 2.78. The Balaban J connectivity index is 2.86. The predicted molar refractivity (Wildman–Crippen MR) is 63.0 cm³/mol. The molecule has 0 amide bonds. The Morgan fingerprint density at radius 2 is 1.33 bits per heavy atom. The van der Waals surface area contributed by atoms with Crippen molar-refractivity contribution in [3.63, 3.8) is 0 Å². The van der Waals surface area contributed by atoms with Crippen LogP contribution in [0.25, 0.3) is 0 Å². The van der Waals surface area contributed by atoms with Crippen LogP contribution in [0.5, 0.6) is 0 Å². The van der Waals surface area contributed by atoms with E-state index >= 15 is 0 Å². The lowest BCUT2D eigenvalue weighted by molar-refractivity contribution is 0.865. The largest absolute Gasteiger partial charge is 0.0777 e. The number of benzene rings is 1. The number of rotatable bonds is 2. The first kappa shape index (κ1) is 10.0. The smallest absolute Gasteiger partial charge is 0.0331 e. The van der Waals surface area contributed by atoms with Gasteiger partial charge in [-0.3, -0.25) is 0 Å². The molecule has 0 bridgehead atoms. The summed E-state index contributed by atoms with van der Waals surface area (Å²) in [6, 6.07) is 8.92. The maximum Gasteiger partial charge on any atom is 0.0331 e. The summed E-state index contributed by atoms with van der Waals surface area (Å²) in [5.74, 6) is 0.642. The molecule has 1 aromatic rings. The lowest BCUT2D eigenvalue weighted by Crippen LogP contribution is -1.88. The SMILES string of the molecule is CC(C)c1ccc(C(C)I)cc1. The monoisotopic (exact) mass is 274 g/mol. The van der Waals surface area contributed by atoms with Gasteiger partial charge in [-0.2, -0.15) is 0 Å². The quantitative estimate of drug-likeness (QED) is 0.557. The highest BCUT2D eigenvalue weighted by atomic mass is 127. The molecular formula is C11H15I. The molecule has 0 spiro atoms. The summed E-state index contributed by atoms with van der Waals surface area (Å²) in [4.78, 5) is 0. The number of hydrogen-bond acceptors (Lipinski definition) is 0. The van der Waals surface area contributed by atoms with Crippen LogP contribution >= 0.6 is 22.6 Å². The molecule has 0 radical (unpaired) electrons. The van der Waals surface area contributed by atoms with Crippen LogP contribution in [-0.4, -0.2) is 0 Å². The highest BCUT2D eigenvalue weighted by Crippen LogP contribution is 2.24. The van der Waals surface area contributed by atoms with E-state index in [1.54, 1.807) is 0 Å². The lowest BCUT2D eigenvalue weighted by Gasteiger charge is -2.07. The van der Waals surface area contributed by atoms with Crippen molar-refractivity contribution in [3.05, 3.63) is 35.4 Å². The van der Waals surface area contributed by atoms with E-state index in [2.05, 4.69) is 67.6 Å². The van der Waals surface area contributed by atoms with Gasteiger partial charge in [-0.05, 0) is 24.0 Å². The molecule has 1 unspecified atom stereocenters. The first-order chi connectivity index (χ1) is 5.61. The Kier molecular flexibility index (Phi) is 3.56. The highest BCUT2D eigenvalue weighted by molar-refractivity contribution is 14.1. The molecule has 1 heteroatoms. The van der Waals surface area contributed by atoms with E-state index in [0.29, 0.717) is 9.84 Å². The van der Waals surface area contributed by atoms with Gasteiger partial charge in [0.25, 0.3) is 0 Å². The molecule has 0 fully saturated rings. The summed E-state index contributed by atoms with van der Waals surface area (Å²) in [6.07, 6.45) is 0. The van der Waals surface area contributed by atoms with Crippen LogP contribution in [0.3, 0.4) is 0 Å². The van der Waals surface area contributed by atoms with Crippen LogP contribution in [0.2, 0.25) is 0 Å². The summed E-state index contributed by atoms with van der Waals surface area (Å²) < 4.78 is 0.615. The lowest BCUT2D eigenvalue weighted by atomic mass is 10.0. The molecule has 1 atom stereocenters. The number of hydrogen-bond donors (Lipinski definition) is 0. The fourth-order valence-electron chi connectivity index (χ4n) is 1.15. The van der Waals surface area contributed by atoms with E-state index in [9.17, 15) is 0 Å². The minimum atomic E-state index is 0.615. The molecule has 0 aliphatic carbocycles. The molecule has 1 rings (SSSR count). The highest BCUT2D eigenvalue weighted by Gasteiger charge is 2.01. The Morgan fingerprint density at radius 1 is 0.917 bits per heavy atom. The van der Waals surface area contributed by atoms with Gasteiger partial charge >= 0.3 is 0 Å². The fourth-order valence-corrected chi connectivity index (χ4v) is 1.56. The second kappa shape index (κ2) is 4.26. The minimum Gasteiger partial charge on any atom is -0.0777 e. The second-order valence-corrected chi connectivity index (χ2v) is 5.31. The van der Waals surface area contributed by atoms with Crippen LogP contribution in [0.4, 0.5) is 0 Å². The van der Waals surface area contributed by atoms with Crippen LogP contribution in [0.15, 0.2) is 24.3 Å². The average molecular weight is 274 g/mol. The van der Waals surface area contributed by atoms with Gasteiger partial charge in [0.15, 0.2) is 0 Å². The van der Waals surface area contributed by atoms with E-state index in [-0.39, 0.29) is 0 Å². The van der Waals surface area contributed by atoms with Gasteiger partial charge in [0.1, 0.15) is 0 Å². The van der Waals surface area contributed by atoms with E-state index in [4.69, 9.17) is 0 Å². The van der Waals surface area contributed by atoms with E-state index in [0.717, 1.165) is 0 Å². The summed E-state index contributed by atoms with van der Waals surface area (Å²) in [5.41, 5.74) is 2.84. The molecular weight excluding hydrogens is 259 g/mol. The fraction of sp³-hybridized carbons (Fsp3) is 0.455. The summed E-state index contributed by atoms with van der Waals surface area (Å²) in [6.45, 7) is 6.66. The van der Waals surface area contributed by atoms with Gasteiger partial charge < -0.3 is 0 Å². The molecule has 0 nitrogen and oxygen atoms in total. The zero-order valence-corrected chi connectivity index (χ0v) is 10.00. The summed E-state index contributed by atoms with van der Waals surface area (Å²) >= 11 is 2.44. The molecule has 0 heterocycles. The maximum absolute atomic E-state index is 2.44. The van der Waals surface area contributed by atoms with Gasteiger partial charge in [0.05, 0.1) is 0 Å². The Morgan fingerprint density at radius 3 is 1.67 bits per heavy atom. The van der Waals surface area contributed by atoms with Crippen molar-refractivity contribution in [2.75, 3.05) is 0 Å². The third-order valence-electron chi connectivity index (χ3n) is 2.06. The van der Waals surface area contributed by atoms with Crippen molar-refractivity contribution in [1.29, 1.82) is 0 Å². The molecule has 12 heavy (non-hydrogen) atoms. The van der Waals surface area contributed by atoms with Gasteiger partial charge in [-0.1, -0.05) is 60.7 Å². The van der Waals surface area contributed by atoms with Crippen LogP contribution < -0.4 is 0 Å². The van der Waals surface area contributed by atoms with Crippen molar-refractivity contribution < 1.29 is 0 Å². The minimum absolute atomic E-state index is 0.615. The molecule has 0 saturated heterocycles. The van der Waals surface area contributed by atoms with Crippen LogP contribution in [0.1, 0.15) is 41.7 Å². The van der Waals surface area contributed by atoms with Crippen molar-refractivity contribution >= 4 is 22.6 Å². The molecule has 0 aliphatic rings. The molecule has 0 saturated carbocycles. The first-order valence-electron chi connectivity index (χ1n) is 4.35. The van der Waals surface area contributed by atoms with Gasteiger partial charge in [0, 0.05) is 3.92 Å². The Labute approximate surface area is 88.5 Å². The van der Waals surface area contributed by atoms with Crippen molar-refractivity contribution in [3.8, 4) is 0 Å². The molecule has 0 aliphatic heterocycles. The topological polar surface area (TPSA) is 0 Å². The first-order valence-corrected chi connectivity index (χ1v) is 5.59. The molecule has 0 aromatic heterocycles. The Bertz CT molecular complexity index is 207. The van der Waals surface area contributed by atoms with Crippen molar-refractivity contribution in [2.24, 2.45) is 0 Å². The van der Waals surface area contributed by atoms with Crippen LogP contribution in [-0.2, 0) is 0 Å². The van der Waals surface area contributed by atoms with Gasteiger partial charge in [-0.15, -0.1) is 0 Å². The number of halogens is 1. The standard InChI is InChI=1S/C11H15I/c1-8(2)10-4-6-11(7-5-10)9(3)12/h4-9H,1-3H3. The maximum atomic E-state index is 2.44. The summed E-state index contributed by atoms with van der Waals surface area (Å²) in [7, 11) is 0. The van der Waals surface area contributed by atoms with E-state index in [1.807, 2.05) is 0 Å². The van der Waals surface area contributed by atoms with E-state index in [1.165, 1.54) is 11.1 Å².